The molecule has 2 aromatic heterocycles. The molecule has 1 aromatic carbocycles. The van der Waals surface area contributed by atoms with Crippen LogP contribution in [0.1, 0.15) is 15.9 Å². The molecular formula is C20H21N5O2. The Balaban J connectivity index is 1.24. The van der Waals surface area contributed by atoms with Gasteiger partial charge >= 0.3 is 0 Å². The molecule has 1 saturated heterocycles. The Hall–Kier alpha value is -3.19. The van der Waals surface area contributed by atoms with Crippen molar-refractivity contribution in [3.8, 4) is 5.75 Å². The minimum absolute atomic E-state index is 0.190. The largest absolute Gasteiger partial charge is 0.492 e. The molecule has 1 aliphatic heterocycles. The molecular weight excluding hydrogens is 342 g/mol. The molecule has 138 valence electrons. The van der Waals surface area contributed by atoms with Gasteiger partial charge in [0.2, 0.25) is 0 Å². The fourth-order valence-corrected chi connectivity index (χ4v) is 2.88. The number of rotatable bonds is 7. The molecule has 2 atom stereocenters. The third kappa shape index (κ3) is 4.51. The summed E-state index contributed by atoms with van der Waals surface area (Å²) < 4.78 is 7.66. The summed E-state index contributed by atoms with van der Waals surface area (Å²) in [6, 6.07) is 13.0. The number of aromatic nitrogens is 3. The maximum Gasteiger partial charge on any atom is 0.256 e. The zero-order chi connectivity index (χ0) is 18.6. The van der Waals surface area contributed by atoms with E-state index in [1.165, 1.54) is 5.56 Å². The van der Waals surface area contributed by atoms with Gasteiger partial charge in [-0.05, 0) is 36.4 Å². The highest BCUT2D eigenvalue weighted by atomic mass is 16.5. The Morgan fingerprint density at radius 3 is 2.81 bits per heavy atom. The maximum atomic E-state index is 12.2. The highest BCUT2D eigenvalue weighted by Crippen LogP contribution is 2.22. The van der Waals surface area contributed by atoms with Gasteiger partial charge in [-0.25, -0.2) is 4.98 Å². The van der Waals surface area contributed by atoms with Crippen molar-refractivity contribution in [1.82, 2.24) is 19.7 Å². The summed E-state index contributed by atoms with van der Waals surface area (Å²) in [6.07, 6.45) is 5.57. The van der Waals surface area contributed by atoms with Crippen molar-refractivity contribution in [1.29, 1.82) is 0 Å². The van der Waals surface area contributed by atoms with Crippen molar-refractivity contribution >= 4 is 11.7 Å². The lowest BCUT2D eigenvalue weighted by Gasteiger charge is -2.08. The standard InChI is InChI=1S/C20H21N5O2/c1-24-11-15(10-22-24)12-25-13-17(25)14-27-18-7-5-16(6-8-18)20(26)23-19-4-2-3-9-21-19/h2-11,17H,12-14H2,1H3,(H,21,23,26). The van der Waals surface area contributed by atoms with Gasteiger partial charge in [-0.1, -0.05) is 6.07 Å². The number of nitrogens with zero attached hydrogens (tertiary/aromatic N) is 4. The topological polar surface area (TPSA) is 72.1 Å². The van der Waals surface area contributed by atoms with Crippen LogP contribution in [0.25, 0.3) is 0 Å². The molecule has 7 heteroatoms. The summed E-state index contributed by atoms with van der Waals surface area (Å²) in [6.45, 7) is 2.56. The number of ether oxygens (including phenoxy) is 1. The van der Waals surface area contributed by atoms with Crippen LogP contribution in [0.15, 0.2) is 61.1 Å². The first kappa shape index (κ1) is 17.2. The smallest absolute Gasteiger partial charge is 0.256 e. The Bertz CT molecular complexity index is 908. The van der Waals surface area contributed by atoms with E-state index >= 15 is 0 Å². The van der Waals surface area contributed by atoms with Crippen LogP contribution in [-0.4, -0.2) is 44.8 Å². The highest BCUT2D eigenvalue weighted by Gasteiger charge is 2.34. The lowest BCUT2D eigenvalue weighted by atomic mass is 10.2. The van der Waals surface area contributed by atoms with Gasteiger partial charge in [0.1, 0.15) is 18.2 Å². The summed E-state index contributed by atoms with van der Waals surface area (Å²) in [5.41, 5.74) is 1.78. The van der Waals surface area contributed by atoms with Gasteiger partial charge in [0.15, 0.2) is 0 Å². The molecule has 0 bridgehead atoms. The SMILES string of the molecule is Cn1cc(CN2CC2COc2ccc(C(=O)Nc3ccccn3)cc2)cn1. The van der Waals surface area contributed by atoms with E-state index in [0.29, 0.717) is 24.0 Å². The second kappa shape index (κ2) is 7.59. The molecule has 1 amide bonds. The minimum Gasteiger partial charge on any atom is -0.492 e. The van der Waals surface area contributed by atoms with E-state index in [9.17, 15) is 4.79 Å². The Kier molecular flexibility index (Phi) is 4.84. The number of carbonyl (C=O) groups excluding carboxylic acids is 1. The first-order chi connectivity index (χ1) is 13.2. The van der Waals surface area contributed by atoms with Gasteiger partial charge in [-0.2, -0.15) is 5.10 Å². The molecule has 3 heterocycles. The van der Waals surface area contributed by atoms with Gasteiger partial charge in [0.05, 0.1) is 12.2 Å². The van der Waals surface area contributed by atoms with Crippen LogP contribution in [-0.2, 0) is 13.6 Å². The summed E-state index contributed by atoms with van der Waals surface area (Å²) in [5.74, 6) is 1.10. The highest BCUT2D eigenvalue weighted by molar-refractivity contribution is 6.03. The normalized spacial score (nSPS) is 18.1. The van der Waals surface area contributed by atoms with Gasteiger partial charge in [-0.3, -0.25) is 14.4 Å². The van der Waals surface area contributed by atoms with Crippen molar-refractivity contribution in [2.45, 2.75) is 12.6 Å². The molecule has 0 aliphatic carbocycles. The number of carbonyl (C=O) groups is 1. The molecule has 1 fully saturated rings. The fourth-order valence-electron chi connectivity index (χ4n) is 2.88. The molecule has 2 unspecified atom stereocenters. The van der Waals surface area contributed by atoms with E-state index in [1.54, 1.807) is 30.5 Å². The number of hydrogen-bond acceptors (Lipinski definition) is 5. The number of aryl methyl sites for hydroxylation is 1. The van der Waals surface area contributed by atoms with E-state index < -0.39 is 0 Å². The minimum atomic E-state index is -0.190. The first-order valence-corrected chi connectivity index (χ1v) is 8.84. The Labute approximate surface area is 157 Å². The number of benzene rings is 1. The number of nitrogens with one attached hydrogen (secondary N) is 1. The molecule has 3 aromatic rings. The van der Waals surface area contributed by atoms with Crippen molar-refractivity contribution in [3.05, 3.63) is 72.2 Å². The van der Waals surface area contributed by atoms with Crippen LogP contribution >= 0.6 is 0 Å². The number of amides is 1. The second-order valence-corrected chi connectivity index (χ2v) is 6.61. The zero-order valence-corrected chi connectivity index (χ0v) is 15.1. The van der Waals surface area contributed by atoms with Gasteiger partial charge in [0.25, 0.3) is 5.91 Å². The summed E-state index contributed by atoms with van der Waals surface area (Å²) in [7, 11) is 1.92. The second-order valence-electron chi connectivity index (χ2n) is 6.61. The fraction of sp³-hybridized carbons (Fsp3) is 0.250. The molecule has 4 rings (SSSR count). The average Bonchev–Trinajstić information content (AvgIpc) is 3.30. The molecule has 1 aliphatic rings. The van der Waals surface area contributed by atoms with Crippen molar-refractivity contribution < 1.29 is 9.53 Å². The third-order valence-corrected chi connectivity index (χ3v) is 4.44. The number of hydrogen-bond donors (Lipinski definition) is 1. The maximum absolute atomic E-state index is 12.2. The lowest BCUT2D eigenvalue weighted by Crippen LogP contribution is -2.13. The van der Waals surface area contributed by atoms with Gasteiger partial charge < -0.3 is 10.1 Å². The predicted octanol–water partition coefficient (Wildman–Crippen LogP) is 2.33. The van der Waals surface area contributed by atoms with Gasteiger partial charge in [-0.15, -0.1) is 0 Å². The zero-order valence-electron chi connectivity index (χ0n) is 15.1. The van der Waals surface area contributed by atoms with Crippen LogP contribution in [0.3, 0.4) is 0 Å². The molecule has 0 spiro atoms. The number of pyridine rings is 1. The van der Waals surface area contributed by atoms with Gasteiger partial charge in [0, 0.05) is 43.7 Å². The molecule has 27 heavy (non-hydrogen) atoms. The van der Waals surface area contributed by atoms with E-state index in [4.69, 9.17) is 4.74 Å². The monoisotopic (exact) mass is 363 g/mol. The third-order valence-electron chi connectivity index (χ3n) is 4.44. The van der Waals surface area contributed by atoms with Crippen LogP contribution in [0.5, 0.6) is 5.75 Å². The van der Waals surface area contributed by atoms with E-state index in [2.05, 4.69) is 20.3 Å². The lowest BCUT2D eigenvalue weighted by molar-refractivity contribution is 0.102. The van der Waals surface area contributed by atoms with Crippen LogP contribution in [0.2, 0.25) is 0 Å². The number of anilines is 1. The Morgan fingerprint density at radius 1 is 1.26 bits per heavy atom. The van der Waals surface area contributed by atoms with E-state index in [-0.39, 0.29) is 5.91 Å². The molecule has 1 N–H and O–H groups in total. The average molecular weight is 363 g/mol. The first-order valence-electron chi connectivity index (χ1n) is 8.84. The Morgan fingerprint density at radius 2 is 2.11 bits per heavy atom. The quantitative estimate of drug-likeness (QED) is 0.653. The van der Waals surface area contributed by atoms with E-state index in [0.717, 1.165) is 18.8 Å². The van der Waals surface area contributed by atoms with Crippen LogP contribution in [0, 0.1) is 0 Å². The predicted molar refractivity (Wildman–Crippen MR) is 102 cm³/mol. The van der Waals surface area contributed by atoms with Crippen LogP contribution in [0.4, 0.5) is 5.82 Å². The van der Waals surface area contributed by atoms with Crippen molar-refractivity contribution in [2.75, 3.05) is 18.5 Å². The summed E-state index contributed by atoms with van der Waals surface area (Å²) >= 11 is 0. The van der Waals surface area contributed by atoms with Crippen molar-refractivity contribution in [2.24, 2.45) is 7.05 Å². The molecule has 0 saturated carbocycles. The van der Waals surface area contributed by atoms with Crippen molar-refractivity contribution in [3.63, 3.8) is 0 Å². The summed E-state index contributed by atoms with van der Waals surface area (Å²) in [5, 5.41) is 6.95. The molecule has 7 nitrogen and oxygen atoms in total. The molecule has 0 radical (unpaired) electrons. The summed E-state index contributed by atoms with van der Waals surface area (Å²) in [4.78, 5) is 18.6. The van der Waals surface area contributed by atoms with E-state index in [1.807, 2.05) is 42.3 Å². The van der Waals surface area contributed by atoms with Crippen LogP contribution < -0.4 is 10.1 Å².